The van der Waals surface area contributed by atoms with E-state index in [-0.39, 0.29) is 5.92 Å². The van der Waals surface area contributed by atoms with Crippen molar-refractivity contribution in [2.24, 2.45) is 0 Å². The van der Waals surface area contributed by atoms with Gasteiger partial charge in [0.1, 0.15) is 5.75 Å². The van der Waals surface area contributed by atoms with Gasteiger partial charge in [0, 0.05) is 0 Å². The summed E-state index contributed by atoms with van der Waals surface area (Å²) in [4.78, 5) is 0. The molecule has 0 aliphatic heterocycles. The van der Waals surface area contributed by atoms with E-state index < -0.39 is 0 Å². The largest absolute Gasteiger partial charge is 0.493 e. The molecular formula is C19H21NO. The van der Waals surface area contributed by atoms with Crippen LogP contribution < -0.4 is 4.74 Å². The van der Waals surface area contributed by atoms with Crippen molar-refractivity contribution in [3.8, 4) is 11.8 Å². The Morgan fingerprint density at radius 1 is 1.00 bits per heavy atom. The number of ether oxygens (including phenoxy) is 1. The molecule has 1 unspecified atom stereocenters. The Morgan fingerprint density at radius 2 is 1.67 bits per heavy atom. The zero-order valence-corrected chi connectivity index (χ0v) is 12.7. The van der Waals surface area contributed by atoms with Gasteiger partial charge in [-0.2, -0.15) is 5.26 Å². The molecule has 0 N–H and O–H groups in total. The van der Waals surface area contributed by atoms with Crippen LogP contribution in [0.3, 0.4) is 0 Å². The molecular weight excluding hydrogens is 258 g/mol. The van der Waals surface area contributed by atoms with Crippen molar-refractivity contribution in [2.45, 2.75) is 32.6 Å². The van der Waals surface area contributed by atoms with Crippen LogP contribution in [0, 0.1) is 25.2 Å². The second-order valence-corrected chi connectivity index (χ2v) is 5.30. The summed E-state index contributed by atoms with van der Waals surface area (Å²) < 4.78 is 5.89. The molecule has 0 aliphatic rings. The molecule has 108 valence electrons. The summed E-state index contributed by atoms with van der Waals surface area (Å²) >= 11 is 0. The van der Waals surface area contributed by atoms with Crippen molar-refractivity contribution in [2.75, 3.05) is 6.61 Å². The third-order valence-corrected chi connectivity index (χ3v) is 3.65. The maximum Gasteiger partial charge on any atom is 0.125 e. The Bertz CT molecular complexity index is 593. The molecule has 1 atom stereocenters. The van der Waals surface area contributed by atoms with E-state index in [1.165, 1.54) is 0 Å². The van der Waals surface area contributed by atoms with Crippen molar-refractivity contribution in [3.05, 3.63) is 65.2 Å². The van der Waals surface area contributed by atoms with Gasteiger partial charge in [0.25, 0.3) is 0 Å². The molecule has 0 fully saturated rings. The fourth-order valence-electron chi connectivity index (χ4n) is 2.48. The molecule has 0 bridgehead atoms. The minimum absolute atomic E-state index is 0.0484. The lowest BCUT2D eigenvalue weighted by molar-refractivity contribution is 0.301. The predicted octanol–water partition coefficient (Wildman–Crippen LogP) is 4.77. The second kappa shape index (κ2) is 7.50. The number of benzene rings is 2. The lowest BCUT2D eigenvalue weighted by atomic mass is 9.96. The molecule has 0 aliphatic carbocycles. The van der Waals surface area contributed by atoms with Crippen LogP contribution in [0.2, 0.25) is 0 Å². The standard InChI is InChI=1S/C19H21NO/c1-15-8-6-9-16(2)19(15)21-13-7-12-18(14-20)17-10-4-3-5-11-17/h3-6,8-11,18H,7,12-13H2,1-2H3. The van der Waals surface area contributed by atoms with Gasteiger partial charge in [-0.05, 0) is 43.4 Å². The molecule has 2 aromatic rings. The van der Waals surface area contributed by atoms with Crippen LogP contribution in [0.25, 0.3) is 0 Å². The zero-order chi connectivity index (χ0) is 15.1. The van der Waals surface area contributed by atoms with E-state index in [2.05, 4.69) is 32.0 Å². The topological polar surface area (TPSA) is 33.0 Å². The van der Waals surface area contributed by atoms with Crippen LogP contribution in [-0.2, 0) is 0 Å². The molecule has 2 rings (SSSR count). The SMILES string of the molecule is Cc1cccc(C)c1OCCCC(C#N)c1ccccc1. The van der Waals surface area contributed by atoms with Crippen LogP contribution >= 0.6 is 0 Å². The molecule has 0 radical (unpaired) electrons. The minimum Gasteiger partial charge on any atom is -0.493 e. The first-order valence-corrected chi connectivity index (χ1v) is 7.36. The average Bonchev–Trinajstić information content (AvgIpc) is 2.51. The third kappa shape index (κ3) is 4.10. The van der Waals surface area contributed by atoms with Gasteiger partial charge in [-0.15, -0.1) is 0 Å². The van der Waals surface area contributed by atoms with Gasteiger partial charge >= 0.3 is 0 Å². The Morgan fingerprint density at radius 3 is 2.29 bits per heavy atom. The number of para-hydroxylation sites is 1. The van der Waals surface area contributed by atoms with Gasteiger partial charge in [0.2, 0.25) is 0 Å². The molecule has 2 heteroatoms. The lowest BCUT2D eigenvalue weighted by Crippen LogP contribution is -2.03. The molecule has 0 spiro atoms. The van der Waals surface area contributed by atoms with Gasteiger partial charge < -0.3 is 4.74 Å². The highest BCUT2D eigenvalue weighted by molar-refractivity contribution is 5.39. The molecule has 2 aromatic carbocycles. The third-order valence-electron chi connectivity index (χ3n) is 3.65. The van der Waals surface area contributed by atoms with E-state index in [4.69, 9.17) is 4.74 Å². The molecule has 2 nitrogen and oxygen atoms in total. The zero-order valence-electron chi connectivity index (χ0n) is 12.7. The number of hydrogen-bond donors (Lipinski definition) is 0. The highest BCUT2D eigenvalue weighted by Gasteiger charge is 2.10. The van der Waals surface area contributed by atoms with Gasteiger partial charge in [-0.1, -0.05) is 48.5 Å². The first-order valence-electron chi connectivity index (χ1n) is 7.36. The van der Waals surface area contributed by atoms with Gasteiger partial charge in [0.15, 0.2) is 0 Å². The number of nitriles is 1. The fourth-order valence-corrected chi connectivity index (χ4v) is 2.48. The fraction of sp³-hybridized carbons (Fsp3) is 0.316. The van der Waals surface area contributed by atoms with Crippen molar-refractivity contribution in [3.63, 3.8) is 0 Å². The summed E-state index contributed by atoms with van der Waals surface area (Å²) in [5.41, 5.74) is 3.41. The van der Waals surface area contributed by atoms with Crippen molar-refractivity contribution >= 4 is 0 Å². The second-order valence-electron chi connectivity index (χ2n) is 5.30. The highest BCUT2D eigenvalue weighted by atomic mass is 16.5. The average molecular weight is 279 g/mol. The van der Waals surface area contributed by atoms with Crippen LogP contribution in [0.15, 0.2) is 48.5 Å². The normalized spacial score (nSPS) is 11.7. The maximum atomic E-state index is 9.29. The van der Waals surface area contributed by atoms with Crippen molar-refractivity contribution in [1.82, 2.24) is 0 Å². The van der Waals surface area contributed by atoms with E-state index in [1.54, 1.807) is 0 Å². The monoisotopic (exact) mass is 279 g/mol. The number of hydrogen-bond acceptors (Lipinski definition) is 2. The van der Waals surface area contributed by atoms with Crippen LogP contribution in [0.1, 0.15) is 35.4 Å². The summed E-state index contributed by atoms with van der Waals surface area (Å²) in [6, 6.07) is 18.5. The number of rotatable bonds is 6. The number of nitrogens with zero attached hydrogens (tertiary/aromatic N) is 1. The van der Waals surface area contributed by atoms with Gasteiger partial charge in [-0.3, -0.25) is 0 Å². The summed E-state index contributed by atoms with van der Waals surface area (Å²) in [5.74, 6) is 0.929. The van der Waals surface area contributed by atoms with Crippen molar-refractivity contribution < 1.29 is 4.74 Å². The summed E-state index contributed by atoms with van der Waals surface area (Å²) in [7, 11) is 0. The molecule has 0 heterocycles. The lowest BCUT2D eigenvalue weighted by Gasteiger charge is -2.13. The molecule has 0 saturated carbocycles. The molecule has 0 saturated heterocycles. The van der Waals surface area contributed by atoms with E-state index in [0.717, 1.165) is 35.3 Å². The smallest absolute Gasteiger partial charge is 0.125 e. The first-order chi connectivity index (χ1) is 10.2. The summed E-state index contributed by atoms with van der Waals surface area (Å²) in [6.07, 6.45) is 1.70. The quantitative estimate of drug-likeness (QED) is 0.713. The minimum atomic E-state index is -0.0484. The predicted molar refractivity (Wildman–Crippen MR) is 85.4 cm³/mol. The summed E-state index contributed by atoms with van der Waals surface area (Å²) in [5, 5.41) is 9.29. The Kier molecular flexibility index (Phi) is 5.40. The van der Waals surface area contributed by atoms with E-state index in [9.17, 15) is 5.26 Å². The van der Waals surface area contributed by atoms with E-state index >= 15 is 0 Å². The highest BCUT2D eigenvalue weighted by Crippen LogP contribution is 2.24. The van der Waals surface area contributed by atoms with Gasteiger partial charge in [-0.25, -0.2) is 0 Å². The summed E-state index contributed by atoms with van der Waals surface area (Å²) in [6.45, 7) is 4.77. The number of aryl methyl sites for hydroxylation is 2. The van der Waals surface area contributed by atoms with Crippen LogP contribution in [0.4, 0.5) is 0 Å². The Labute approximate surface area is 127 Å². The van der Waals surface area contributed by atoms with Crippen LogP contribution in [0.5, 0.6) is 5.75 Å². The molecule has 0 aromatic heterocycles. The first kappa shape index (κ1) is 15.1. The van der Waals surface area contributed by atoms with Gasteiger partial charge in [0.05, 0.1) is 18.6 Å². The van der Waals surface area contributed by atoms with E-state index in [0.29, 0.717) is 6.61 Å². The Balaban J connectivity index is 1.86. The van der Waals surface area contributed by atoms with Crippen LogP contribution in [-0.4, -0.2) is 6.61 Å². The van der Waals surface area contributed by atoms with Crippen molar-refractivity contribution in [1.29, 1.82) is 5.26 Å². The molecule has 21 heavy (non-hydrogen) atoms. The molecule has 0 amide bonds. The van der Waals surface area contributed by atoms with E-state index in [1.807, 2.05) is 36.4 Å². The Hall–Kier alpha value is -2.27. The maximum absolute atomic E-state index is 9.29.